The summed E-state index contributed by atoms with van der Waals surface area (Å²) in [6.45, 7) is 0. The molecule has 1 heterocycles. The Bertz CT molecular complexity index is 254. The highest BCUT2D eigenvalue weighted by atomic mass is 16.5. The number of allylic oxidation sites excluding steroid dienone is 1. The van der Waals surface area contributed by atoms with E-state index in [0.29, 0.717) is 12.8 Å². The van der Waals surface area contributed by atoms with E-state index in [1.165, 1.54) is 6.26 Å². The summed E-state index contributed by atoms with van der Waals surface area (Å²) in [5.74, 6) is -0.0146. The Morgan fingerprint density at radius 2 is 2.25 bits per heavy atom. The van der Waals surface area contributed by atoms with E-state index in [1.54, 1.807) is 0 Å². The highest BCUT2D eigenvalue weighted by Gasteiger charge is 2.35. The van der Waals surface area contributed by atoms with Crippen molar-refractivity contribution in [1.82, 2.24) is 0 Å². The molecule has 2 aliphatic rings. The summed E-state index contributed by atoms with van der Waals surface area (Å²) >= 11 is 0. The van der Waals surface area contributed by atoms with Crippen LogP contribution < -0.4 is 0 Å². The third-order valence-electron chi connectivity index (χ3n) is 2.53. The molecular weight excluding hydrogens is 156 g/mol. The summed E-state index contributed by atoms with van der Waals surface area (Å²) in [5.41, 5.74) is 0. The minimum Gasteiger partial charge on any atom is -0.435 e. The molecule has 1 saturated carbocycles. The number of carbonyl (C=O) groups excluding carboxylic acids is 2. The maximum atomic E-state index is 11.1. The van der Waals surface area contributed by atoms with Crippen LogP contribution in [0.5, 0.6) is 0 Å². The number of fused-ring (bicyclic) bond motifs is 1. The van der Waals surface area contributed by atoms with Crippen LogP contribution >= 0.6 is 0 Å². The molecule has 1 aliphatic heterocycles. The molecule has 0 spiro atoms. The number of cyclic esters (lactones) is 1. The number of Topliss-reactive ketones (excluding diaryl/α,β-unsaturated/α-hetero) is 1. The second-order valence-electron chi connectivity index (χ2n) is 3.32. The van der Waals surface area contributed by atoms with Crippen LogP contribution in [-0.4, -0.2) is 11.8 Å². The van der Waals surface area contributed by atoms with Gasteiger partial charge in [-0.05, 0) is 18.4 Å². The van der Waals surface area contributed by atoms with Crippen LogP contribution in [-0.2, 0) is 14.3 Å². The summed E-state index contributed by atoms with van der Waals surface area (Å²) in [6.07, 6.45) is 5.11. The van der Waals surface area contributed by atoms with Gasteiger partial charge >= 0.3 is 5.97 Å². The number of carbonyl (C=O) groups is 2. The molecule has 0 aromatic heterocycles. The predicted molar refractivity (Wildman–Crippen MR) is 41.1 cm³/mol. The second kappa shape index (κ2) is 2.73. The molecule has 0 amide bonds. The number of hydrogen-bond acceptors (Lipinski definition) is 3. The molecule has 1 fully saturated rings. The number of esters is 1. The lowest BCUT2D eigenvalue weighted by molar-refractivity contribution is -0.149. The molecule has 0 bridgehead atoms. The van der Waals surface area contributed by atoms with Gasteiger partial charge in [0.15, 0.2) is 0 Å². The van der Waals surface area contributed by atoms with Crippen molar-refractivity contribution >= 4 is 11.8 Å². The number of ketones is 1. The summed E-state index contributed by atoms with van der Waals surface area (Å²) in [7, 11) is 0. The number of rotatable bonds is 0. The zero-order chi connectivity index (χ0) is 8.55. The second-order valence-corrected chi connectivity index (χ2v) is 3.32. The maximum absolute atomic E-state index is 11.1. The van der Waals surface area contributed by atoms with Crippen molar-refractivity contribution in [3.05, 3.63) is 12.3 Å². The van der Waals surface area contributed by atoms with Crippen molar-refractivity contribution in [2.75, 3.05) is 0 Å². The van der Waals surface area contributed by atoms with Crippen molar-refractivity contribution in [2.24, 2.45) is 11.8 Å². The monoisotopic (exact) mass is 166 g/mol. The predicted octanol–water partition coefficient (Wildman–Crippen LogP) is 1.04. The molecule has 64 valence electrons. The molecule has 0 unspecified atom stereocenters. The first-order valence-corrected chi connectivity index (χ1v) is 4.16. The summed E-state index contributed by atoms with van der Waals surface area (Å²) < 4.78 is 4.72. The van der Waals surface area contributed by atoms with Gasteiger partial charge in [0.1, 0.15) is 5.78 Å². The fourth-order valence-corrected chi connectivity index (χ4v) is 1.81. The van der Waals surface area contributed by atoms with Crippen molar-refractivity contribution in [1.29, 1.82) is 0 Å². The fourth-order valence-electron chi connectivity index (χ4n) is 1.81. The van der Waals surface area contributed by atoms with E-state index in [0.717, 1.165) is 6.42 Å². The molecule has 1 aliphatic carbocycles. The Hall–Kier alpha value is -1.12. The average Bonchev–Trinajstić information content (AvgIpc) is 2.07. The molecule has 12 heavy (non-hydrogen) atoms. The van der Waals surface area contributed by atoms with Crippen molar-refractivity contribution in [3.8, 4) is 0 Å². The van der Waals surface area contributed by atoms with E-state index in [4.69, 9.17) is 4.74 Å². The molecule has 2 rings (SSSR count). The molecule has 3 heteroatoms. The summed E-state index contributed by atoms with van der Waals surface area (Å²) in [4.78, 5) is 22.2. The van der Waals surface area contributed by atoms with Crippen LogP contribution in [0, 0.1) is 11.8 Å². The van der Waals surface area contributed by atoms with Gasteiger partial charge in [-0.25, -0.2) is 0 Å². The van der Waals surface area contributed by atoms with Gasteiger partial charge in [-0.2, -0.15) is 0 Å². The van der Waals surface area contributed by atoms with E-state index >= 15 is 0 Å². The summed E-state index contributed by atoms with van der Waals surface area (Å²) in [6, 6.07) is 0. The van der Waals surface area contributed by atoms with Crippen LogP contribution in [0.15, 0.2) is 12.3 Å². The Labute approximate surface area is 70.4 Å². The fraction of sp³-hybridized carbons (Fsp3) is 0.556. The van der Waals surface area contributed by atoms with Gasteiger partial charge in [0.2, 0.25) is 0 Å². The van der Waals surface area contributed by atoms with Gasteiger partial charge in [-0.15, -0.1) is 0 Å². The van der Waals surface area contributed by atoms with Crippen LogP contribution in [0.2, 0.25) is 0 Å². The van der Waals surface area contributed by atoms with Crippen molar-refractivity contribution < 1.29 is 14.3 Å². The first-order valence-electron chi connectivity index (χ1n) is 4.16. The van der Waals surface area contributed by atoms with Gasteiger partial charge in [-0.3, -0.25) is 9.59 Å². The highest BCUT2D eigenvalue weighted by molar-refractivity contribution is 5.86. The third-order valence-corrected chi connectivity index (χ3v) is 2.53. The van der Waals surface area contributed by atoms with E-state index < -0.39 is 0 Å². The Morgan fingerprint density at radius 3 is 3.08 bits per heavy atom. The molecular formula is C9H10O3. The van der Waals surface area contributed by atoms with E-state index in [9.17, 15) is 9.59 Å². The Morgan fingerprint density at radius 1 is 1.42 bits per heavy atom. The van der Waals surface area contributed by atoms with Crippen molar-refractivity contribution in [3.63, 3.8) is 0 Å². The van der Waals surface area contributed by atoms with Gasteiger partial charge in [0, 0.05) is 12.8 Å². The molecule has 0 N–H and O–H groups in total. The van der Waals surface area contributed by atoms with Crippen LogP contribution in [0.4, 0.5) is 0 Å². The number of hydrogen-bond donors (Lipinski definition) is 0. The van der Waals surface area contributed by atoms with Crippen LogP contribution in [0.3, 0.4) is 0 Å². The minimum absolute atomic E-state index is 0.184. The highest BCUT2D eigenvalue weighted by Crippen LogP contribution is 2.32. The van der Waals surface area contributed by atoms with E-state index in [-0.39, 0.29) is 23.6 Å². The quantitative estimate of drug-likeness (QED) is 0.505. The molecule has 0 saturated heterocycles. The minimum atomic E-state index is -0.240. The lowest BCUT2D eigenvalue weighted by atomic mass is 9.78. The Balaban J connectivity index is 2.19. The normalized spacial score (nSPS) is 34.3. The van der Waals surface area contributed by atoms with E-state index in [1.807, 2.05) is 6.08 Å². The molecule has 0 aromatic rings. The Kier molecular flexibility index (Phi) is 1.71. The topological polar surface area (TPSA) is 43.4 Å². The number of ether oxygens (including phenoxy) is 1. The zero-order valence-corrected chi connectivity index (χ0v) is 6.66. The molecule has 3 nitrogen and oxygen atoms in total. The smallest absolute Gasteiger partial charge is 0.314 e. The SMILES string of the molecule is O=C1CC[C@H]2C=COC(=O)[C@@H]2C1. The van der Waals surface area contributed by atoms with Crippen molar-refractivity contribution in [2.45, 2.75) is 19.3 Å². The molecule has 0 radical (unpaired) electrons. The molecule has 0 aromatic carbocycles. The average molecular weight is 166 g/mol. The first-order chi connectivity index (χ1) is 5.77. The van der Waals surface area contributed by atoms with Crippen LogP contribution in [0.25, 0.3) is 0 Å². The summed E-state index contributed by atoms with van der Waals surface area (Å²) in [5, 5.41) is 0. The standard InChI is InChI=1S/C9H10O3/c10-7-2-1-6-3-4-12-9(11)8(6)5-7/h3-4,6,8H,1-2,5H2/t6-,8+/m0/s1. The molecule has 2 atom stereocenters. The van der Waals surface area contributed by atoms with Gasteiger partial charge in [-0.1, -0.05) is 0 Å². The van der Waals surface area contributed by atoms with Crippen LogP contribution in [0.1, 0.15) is 19.3 Å². The lowest BCUT2D eigenvalue weighted by Crippen LogP contribution is -2.33. The lowest BCUT2D eigenvalue weighted by Gasteiger charge is -2.28. The largest absolute Gasteiger partial charge is 0.435 e. The van der Waals surface area contributed by atoms with Gasteiger partial charge in [0.25, 0.3) is 0 Å². The zero-order valence-electron chi connectivity index (χ0n) is 6.66. The van der Waals surface area contributed by atoms with Gasteiger partial charge < -0.3 is 4.74 Å². The van der Waals surface area contributed by atoms with Gasteiger partial charge in [0.05, 0.1) is 12.2 Å². The maximum Gasteiger partial charge on any atom is 0.314 e. The van der Waals surface area contributed by atoms with E-state index in [2.05, 4.69) is 0 Å². The first kappa shape index (κ1) is 7.53. The third kappa shape index (κ3) is 1.15.